The number of sulfonamides is 1. The van der Waals surface area contributed by atoms with E-state index in [2.05, 4.69) is 21.9 Å². The van der Waals surface area contributed by atoms with E-state index in [1.807, 2.05) is 0 Å². The van der Waals surface area contributed by atoms with Crippen molar-refractivity contribution in [1.29, 1.82) is 0 Å². The average molecular weight is 394 g/mol. The van der Waals surface area contributed by atoms with E-state index in [9.17, 15) is 13.2 Å². The molecule has 1 aromatic carbocycles. The molecule has 1 aromatic rings. The van der Waals surface area contributed by atoms with Gasteiger partial charge >= 0.3 is 0 Å². The van der Waals surface area contributed by atoms with Gasteiger partial charge in [0, 0.05) is 18.3 Å². The molecule has 0 unspecified atom stereocenters. The number of hydrogen-bond acceptors (Lipinski definition) is 4. The first kappa shape index (κ1) is 20.3. The van der Waals surface area contributed by atoms with Crippen molar-refractivity contribution in [3.63, 3.8) is 0 Å². The van der Waals surface area contributed by atoms with Crippen molar-refractivity contribution in [2.45, 2.75) is 62.8 Å². The van der Waals surface area contributed by atoms with Crippen LogP contribution in [0.3, 0.4) is 0 Å². The zero-order valence-electron chi connectivity index (χ0n) is 16.1. The van der Waals surface area contributed by atoms with Gasteiger partial charge in [0.1, 0.15) is 0 Å². The molecule has 0 radical (unpaired) electrons. The Bertz CT molecular complexity index is 727. The van der Waals surface area contributed by atoms with Crippen LogP contribution in [-0.2, 0) is 14.8 Å². The second kappa shape index (κ2) is 9.17. The molecule has 27 heavy (non-hydrogen) atoms. The monoisotopic (exact) mass is 393 g/mol. The van der Waals surface area contributed by atoms with E-state index in [-0.39, 0.29) is 16.8 Å². The number of carbonyl (C=O) groups is 1. The van der Waals surface area contributed by atoms with Crippen molar-refractivity contribution in [3.05, 3.63) is 24.3 Å². The number of rotatable bonds is 6. The summed E-state index contributed by atoms with van der Waals surface area (Å²) in [5.74, 6) is 0.577. The molecule has 2 fully saturated rings. The molecule has 1 saturated heterocycles. The van der Waals surface area contributed by atoms with Gasteiger partial charge in [-0.1, -0.05) is 26.2 Å². The van der Waals surface area contributed by atoms with Crippen LogP contribution in [0, 0.1) is 5.92 Å². The molecule has 150 valence electrons. The molecule has 0 spiro atoms. The lowest BCUT2D eigenvalue weighted by Crippen LogP contribution is -2.39. The molecular weight excluding hydrogens is 362 g/mol. The second-order valence-electron chi connectivity index (χ2n) is 8.01. The van der Waals surface area contributed by atoms with Crippen LogP contribution >= 0.6 is 0 Å². The summed E-state index contributed by atoms with van der Waals surface area (Å²) in [6, 6.07) is 6.47. The number of piperidine rings is 1. The topological polar surface area (TPSA) is 78.5 Å². The molecule has 6 nitrogen and oxygen atoms in total. The minimum Gasteiger partial charge on any atom is -0.325 e. The number of anilines is 1. The first-order valence-electron chi connectivity index (χ1n) is 10.1. The molecule has 0 bridgehead atoms. The van der Waals surface area contributed by atoms with E-state index in [4.69, 9.17) is 0 Å². The third-order valence-corrected chi connectivity index (χ3v) is 7.02. The fourth-order valence-electron chi connectivity index (χ4n) is 4.06. The summed E-state index contributed by atoms with van der Waals surface area (Å²) in [5, 5.41) is 2.87. The predicted octanol–water partition coefficient (Wildman–Crippen LogP) is 2.97. The fourth-order valence-corrected chi connectivity index (χ4v) is 5.36. The summed E-state index contributed by atoms with van der Waals surface area (Å²) < 4.78 is 27.9. The van der Waals surface area contributed by atoms with Crippen molar-refractivity contribution in [1.82, 2.24) is 9.62 Å². The third-order valence-electron chi connectivity index (χ3n) is 5.48. The number of amides is 1. The number of nitrogens with zero attached hydrogens (tertiary/aromatic N) is 1. The van der Waals surface area contributed by atoms with Crippen LogP contribution in [0.1, 0.15) is 51.9 Å². The largest absolute Gasteiger partial charge is 0.325 e. The first-order chi connectivity index (χ1) is 12.9. The van der Waals surface area contributed by atoms with E-state index in [1.54, 1.807) is 24.3 Å². The summed E-state index contributed by atoms with van der Waals surface area (Å²) in [5.41, 5.74) is 0.627. The van der Waals surface area contributed by atoms with Gasteiger partial charge in [-0.05, 0) is 62.4 Å². The van der Waals surface area contributed by atoms with Crippen molar-refractivity contribution < 1.29 is 13.2 Å². The Balaban J connectivity index is 1.53. The summed E-state index contributed by atoms with van der Waals surface area (Å²) in [7, 11) is -3.50. The molecule has 1 saturated carbocycles. The highest BCUT2D eigenvalue weighted by atomic mass is 32.2. The SMILES string of the molecule is C[C@@H]1CCCN(CC(=O)Nc2ccc(S(=O)(=O)NC3CCCCC3)cc2)C1. The molecule has 2 N–H and O–H groups in total. The summed E-state index contributed by atoms with van der Waals surface area (Å²) >= 11 is 0. The number of carbonyl (C=O) groups excluding carboxylic acids is 1. The smallest absolute Gasteiger partial charge is 0.240 e. The zero-order valence-corrected chi connectivity index (χ0v) is 16.9. The summed E-state index contributed by atoms with van der Waals surface area (Å²) in [6.07, 6.45) is 7.51. The number of benzene rings is 1. The van der Waals surface area contributed by atoms with Gasteiger partial charge in [-0.25, -0.2) is 13.1 Å². The first-order valence-corrected chi connectivity index (χ1v) is 11.6. The van der Waals surface area contributed by atoms with Crippen LogP contribution < -0.4 is 10.0 Å². The van der Waals surface area contributed by atoms with Crippen molar-refractivity contribution in [2.75, 3.05) is 25.0 Å². The lowest BCUT2D eigenvalue weighted by molar-refractivity contribution is -0.117. The van der Waals surface area contributed by atoms with Gasteiger partial charge in [0.05, 0.1) is 11.4 Å². The zero-order chi connectivity index (χ0) is 19.3. The maximum Gasteiger partial charge on any atom is 0.240 e. The molecule has 1 aliphatic carbocycles. The van der Waals surface area contributed by atoms with Crippen LogP contribution in [0.15, 0.2) is 29.2 Å². The molecule has 1 amide bonds. The quantitative estimate of drug-likeness (QED) is 0.779. The van der Waals surface area contributed by atoms with E-state index >= 15 is 0 Å². The number of hydrogen-bond donors (Lipinski definition) is 2. The van der Waals surface area contributed by atoms with Gasteiger partial charge in [-0.3, -0.25) is 9.69 Å². The minimum absolute atomic E-state index is 0.0371. The Hall–Kier alpha value is -1.44. The van der Waals surface area contributed by atoms with E-state index in [0.29, 0.717) is 18.2 Å². The Labute approximate surface area is 162 Å². The fraction of sp³-hybridized carbons (Fsp3) is 0.650. The second-order valence-corrected chi connectivity index (χ2v) is 9.73. The molecule has 1 heterocycles. The van der Waals surface area contributed by atoms with Gasteiger partial charge in [-0.2, -0.15) is 0 Å². The normalized spacial score (nSPS) is 22.5. The minimum atomic E-state index is -3.50. The predicted molar refractivity (Wildman–Crippen MR) is 107 cm³/mol. The Kier molecular flexibility index (Phi) is 6.89. The van der Waals surface area contributed by atoms with Crippen LogP contribution in [0.5, 0.6) is 0 Å². The van der Waals surface area contributed by atoms with Crippen molar-refractivity contribution in [3.8, 4) is 0 Å². The Morgan fingerprint density at radius 1 is 1.07 bits per heavy atom. The molecule has 2 aliphatic rings. The standard InChI is InChI=1S/C20H31N3O3S/c1-16-6-5-13-23(14-16)15-20(24)21-17-9-11-19(12-10-17)27(25,26)22-18-7-3-2-4-8-18/h9-12,16,18,22H,2-8,13-15H2,1H3,(H,21,24)/t16-/m1/s1. The number of likely N-dealkylation sites (tertiary alicyclic amines) is 1. The van der Waals surface area contributed by atoms with Crippen LogP contribution in [0.25, 0.3) is 0 Å². The molecule has 3 rings (SSSR count). The molecule has 1 aliphatic heterocycles. The summed E-state index contributed by atoms with van der Waals surface area (Å²) in [6.45, 7) is 4.51. The lowest BCUT2D eigenvalue weighted by Gasteiger charge is -2.30. The molecular formula is C20H31N3O3S. The van der Waals surface area contributed by atoms with Gasteiger partial charge in [0.15, 0.2) is 0 Å². The van der Waals surface area contributed by atoms with Gasteiger partial charge in [0.25, 0.3) is 0 Å². The van der Waals surface area contributed by atoms with E-state index < -0.39 is 10.0 Å². The Morgan fingerprint density at radius 2 is 1.78 bits per heavy atom. The van der Waals surface area contributed by atoms with Crippen LogP contribution in [0.4, 0.5) is 5.69 Å². The van der Waals surface area contributed by atoms with Gasteiger partial charge in [-0.15, -0.1) is 0 Å². The molecule has 0 aromatic heterocycles. The van der Waals surface area contributed by atoms with Crippen LogP contribution in [-0.4, -0.2) is 44.9 Å². The highest BCUT2D eigenvalue weighted by molar-refractivity contribution is 7.89. The summed E-state index contributed by atoms with van der Waals surface area (Å²) in [4.78, 5) is 14.7. The maximum absolute atomic E-state index is 12.5. The van der Waals surface area contributed by atoms with E-state index in [0.717, 1.165) is 45.2 Å². The number of nitrogens with one attached hydrogen (secondary N) is 2. The van der Waals surface area contributed by atoms with Gasteiger partial charge in [0.2, 0.25) is 15.9 Å². The highest BCUT2D eigenvalue weighted by Gasteiger charge is 2.22. The van der Waals surface area contributed by atoms with Crippen LogP contribution in [0.2, 0.25) is 0 Å². The van der Waals surface area contributed by atoms with Crippen molar-refractivity contribution >= 4 is 21.6 Å². The van der Waals surface area contributed by atoms with Crippen molar-refractivity contribution in [2.24, 2.45) is 5.92 Å². The molecule has 7 heteroatoms. The maximum atomic E-state index is 12.5. The Morgan fingerprint density at radius 3 is 2.44 bits per heavy atom. The van der Waals surface area contributed by atoms with Gasteiger partial charge < -0.3 is 5.32 Å². The highest BCUT2D eigenvalue weighted by Crippen LogP contribution is 2.21. The molecule has 1 atom stereocenters. The third kappa shape index (κ3) is 6.02. The average Bonchev–Trinajstić information content (AvgIpc) is 2.62. The van der Waals surface area contributed by atoms with E-state index in [1.165, 1.54) is 12.8 Å². The lowest BCUT2D eigenvalue weighted by atomic mass is 9.96.